The minimum atomic E-state index is -0.876. The highest BCUT2D eigenvalue weighted by Crippen LogP contribution is 2.23. The van der Waals surface area contributed by atoms with Gasteiger partial charge in [0.25, 0.3) is 5.91 Å². The first-order valence-electron chi connectivity index (χ1n) is 9.54. The zero-order valence-corrected chi connectivity index (χ0v) is 16.0. The molecule has 1 aromatic rings. The number of amides is 2. The number of carbonyl (C=O) groups excluding carboxylic acids is 3. The molecule has 0 radical (unpaired) electrons. The van der Waals surface area contributed by atoms with E-state index in [2.05, 4.69) is 12.2 Å². The smallest absolute Gasteiger partial charge is 0.308 e. The van der Waals surface area contributed by atoms with Gasteiger partial charge in [-0.25, -0.2) is 0 Å². The Labute approximate surface area is 160 Å². The van der Waals surface area contributed by atoms with Crippen molar-refractivity contribution in [1.29, 1.82) is 0 Å². The lowest BCUT2D eigenvalue weighted by Gasteiger charge is -2.34. The molecule has 0 aromatic heterocycles. The van der Waals surface area contributed by atoms with E-state index in [4.69, 9.17) is 9.47 Å². The van der Waals surface area contributed by atoms with Gasteiger partial charge in [0, 0.05) is 13.1 Å². The van der Waals surface area contributed by atoms with Gasteiger partial charge in [0.2, 0.25) is 5.91 Å². The summed E-state index contributed by atoms with van der Waals surface area (Å²) < 4.78 is 10.7. The Hall–Kier alpha value is -2.57. The van der Waals surface area contributed by atoms with Crippen molar-refractivity contribution < 1.29 is 23.9 Å². The maximum atomic E-state index is 13.1. The molecule has 7 heteroatoms. The Morgan fingerprint density at radius 2 is 2.00 bits per heavy atom. The van der Waals surface area contributed by atoms with Crippen molar-refractivity contribution in [3.05, 3.63) is 29.8 Å². The second kappa shape index (κ2) is 10.5. The standard InChI is InChI=1S/C20H28N2O5/c1-3-5-8-13-27-17-10-7-6-9-15(17)20(25)22-12-11-21-19(24)16(22)14-18(23)26-4-2/h6-7,9-10,16H,3-5,8,11-14H2,1-2H3,(H,21,24). The number of unbranched alkanes of at least 4 members (excludes halogenated alkanes) is 2. The molecule has 2 rings (SSSR count). The molecule has 0 spiro atoms. The highest BCUT2D eigenvalue weighted by molar-refractivity contribution is 6.01. The van der Waals surface area contributed by atoms with Gasteiger partial charge in [-0.15, -0.1) is 0 Å². The Bertz CT molecular complexity index is 662. The summed E-state index contributed by atoms with van der Waals surface area (Å²) >= 11 is 0. The maximum Gasteiger partial charge on any atom is 0.308 e. The second-order valence-corrected chi connectivity index (χ2v) is 6.37. The third-order valence-corrected chi connectivity index (χ3v) is 4.38. The van der Waals surface area contributed by atoms with Crippen LogP contribution in [0.2, 0.25) is 0 Å². The summed E-state index contributed by atoms with van der Waals surface area (Å²) in [5.41, 5.74) is 0.401. The van der Waals surface area contributed by atoms with Gasteiger partial charge in [0.1, 0.15) is 11.8 Å². The molecule has 0 aliphatic carbocycles. The molecule has 1 fully saturated rings. The number of hydrogen-bond acceptors (Lipinski definition) is 5. The fourth-order valence-corrected chi connectivity index (χ4v) is 3.00. The van der Waals surface area contributed by atoms with Crippen LogP contribution in [-0.4, -0.2) is 55.0 Å². The van der Waals surface area contributed by atoms with E-state index in [1.54, 1.807) is 25.1 Å². The largest absolute Gasteiger partial charge is 0.493 e. The molecule has 1 aromatic carbocycles. The predicted octanol–water partition coefficient (Wildman–Crippen LogP) is 2.15. The highest BCUT2D eigenvalue weighted by atomic mass is 16.5. The second-order valence-electron chi connectivity index (χ2n) is 6.37. The van der Waals surface area contributed by atoms with E-state index in [0.29, 0.717) is 31.0 Å². The lowest BCUT2D eigenvalue weighted by Crippen LogP contribution is -2.57. The molecule has 0 saturated carbocycles. The maximum absolute atomic E-state index is 13.1. The van der Waals surface area contributed by atoms with E-state index in [9.17, 15) is 14.4 Å². The van der Waals surface area contributed by atoms with Crippen LogP contribution in [0.4, 0.5) is 0 Å². The quantitative estimate of drug-likeness (QED) is 0.527. The van der Waals surface area contributed by atoms with Gasteiger partial charge in [-0.2, -0.15) is 0 Å². The van der Waals surface area contributed by atoms with Crippen molar-refractivity contribution in [1.82, 2.24) is 10.2 Å². The number of benzene rings is 1. The van der Waals surface area contributed by atoms with Gasteiger partial charge in [-0.1, -0.05) is 31.9 Å². The van der Waals surface area contributed by atoms with Gasteiger partial charge in [-0.3, -0.25) is 14.4 Å². The molecule has 1 N–H and O–H groups in total. The molecule has 1 aliphatic rings. The Morgan fingerprint density at radius 3 is 2.74 bits per heavy atom. The van der Waals surface area contributed by atoms with Crippen molar-refractivity contribution in [2.75, 3.05) is 26.3 Å². The lowest BCUT2D eigenvalue weighted by molar-refractivity contribution is -0.147. The van der Waals surface area contributed by atoms with Crippen LogP contribution in [0.5, 0.6) is 5.75 Å². The summed E-state index contributed by atoms with van der Waals surface area (Å²) in [7, 11) is 0. The number of esters is 1. The van der Waals surface area contributed by atoms with E-state index >= 15 is 0 Å². The molecule has 1 saturated heterocycles. The number of hydrogen-bond donors (Lipinski definition) is 1. The minimum Gasteiger partial charge on any atom is -0.493 e. The zero-order valence-electron chi connectivity index (χ0n) is 16.0. The van der Waals surface area contributed by atoms with Crippen LogP contribution in [0.1, 0.15) is 49.9 Å². The number of piperazine rings is 1. The molecule has 7 nitrogen and oxygen atoms in total. The normalized spacial score (nSPS) is 16.6. The predicted molar refractivity (Wildman–Crippen MR) is 101 cm³/mol. The van der Waals surface area contributed by atoms with Crippen LogP contribution in [0, 0.1) is 0 Å². The Kier molecular flexibility index (Phi) is 8.10. The van der Waals surface area contributed by atoms with Gasteiger partial charge >= 0.3 is 5.97 Å². The summed E-state index contributed by atoms with van der Waals surface area (Å²) in [6, 6.07) is 6.13. The Morgan fingerprint density at radius 1 is 1.22 bits per heavy atom. The monoisotopic (exact) mass is 376 g/mol. The van der Waals surface area contributed by atoms with Crippen LogP contribution >= 0.6 is 0 Å². The van der Waals surface area contributed by atoms with Crippen LogP contribution in [-0.2, 0) is 14.3 Å². The summed E-state index contributed by atoms with van der Waals surface area (Å²) in [5.74, 6) is -0.657. The summed E-state index contributed by atoms with van der Waals surface area (Å²) in [6.45, 7) is 5.26. The molecule has 2 amide bonds. The number of para-hydroxylation sites is 1. The molecule has 1 unspecified atom stereocenters. The minimum absolute atomic E-state index is 0.162. The first kappa shape index (κ1) is 20.7. The van der Waals surface area contributed by atoms with Gasteiger partial charge in [0.05, 0.1) is 25.2 Å². The SMILES string of the molecule is CCCCCOc1ccccc1C(=O)N1CCNC(=O)C1CC(=O)OCC. The molecule has 148 valence electrons. The fourth-order valence-electron chi connectivity index (χ4n) is 3.00. The summed E-state index contributed by atoms with van der Waals surface area (Å²) in [4.78, 5) is 38.7. The molecule has 1 heterocycles. The van der Waals surface area contributed by atoms with Crippen molar-refractivity contribution in [3.63, 3.8) is 0 Å². The Balaban J connectivity index is 2.16. The average molecular weight is 376 g/mol. The summed E-state index contributed by atoms with van der Waals surface area (Å²) in [6.07, 6.45) is 2.90. The average Bonchev–Trinajstić information content (AvgIpc) is 2.67. The fraction of sp³-hybridized carbons (Fsp3) is 0.550. The third kappa shape index (κ3) is 5.70. The van der Waals surface area contributed by atoms with E-state index < -0.39 is 12.0 Å². The zero-order chi connectivity index (χ0) is 19.6. The van der Waals surface area contributed by atoms with Gasteiger partial charge in [-0.05, 0) is 25.5 Å². The number of rotatable bonds is 9. The van der Waals surface area contributed by atoms with Crippen molar-refractivity contribution in [3.8, 4) is 5.75 Å². The van der Waals surface area contributed by atoms with Crippen LogP contribution in [0.3, 0.4) is 0 Å². The summed E-state index contributed by atoms with van der Waals surface area (Å²) in [5, 5.41) is 2.71. The molecule has 1 atom stereocenters. The van der Waals surface area contributed by atoms with E-state index in [-0.39, 0.29) is 24.8 Å². The van der Waals surface area contributed by atoms with E-state index in [1.165, 1.54) is 4.90 Å². The molecular weight excluding hydrogens is 348 g/mol. The van der Waals surface area contributed by atoms with Gasteiger partial charge < -0.3 is 19.7 Å². The lowest BCUT2D eigenvalue weighted by atomic mass is 10.1. The first-order chi connectivity index (χ1) is 13.1. The molecule has 0 bridgehead atoms. The van der Waals surface area contributed by atoms with E-state index in [1.807, 2.05) is 6.07 Å². The molecule has 27 heavy (non-hydrogen) atoms. The third-order valence-electron chi connectivity index (χ3n) is 4.38. The first-order valence-corrected chi connectivity index (χ1v) is 9.54. The topological polar surface area (TPSA) is 84.9 Å². The van der Waals surface area contributed by atoms with Crippen LogP contribution < -0.4 is 10.1 Å². The van der Waals surface area contributed by atoms with Crippen molar-refractivity contribution in [2.24, 2.45) is 0 Å². The number of nitrogens with zero attached hydrogens (tertiary/aromatic N) is 1. The van der Waals surface area contributed by atoms with Crippen LogP contribution in [0.15, 0.2) is 24.3 Å². The van der Waals surface area contributed by atoms with Crippen molar-refractivity contribution in [2.45, 2.75) is 45.6 Å². The number of ether oxygens (including phenoxy) is 2. The van der Waals surface area contributed by atoms with E-state index in [0.717, 1.165) is 19.3 Å². The molecule has 1 aliphatic heterocycles. The van der Waals surface area contributed by atoms with Gasteiger partial charge in [0.15, 0.2) is 0 Å². The number of carbonyl (C=O) groups is 3. The number of nitrogens with one attached hydrogen (secondary N) is 1. The van der Waals surface area contributed by atoms with Crippen molar-refractivity contribution >= 4 is 17.8 Å². The molecular formula is C20H28N2O5. The van der Waals surface area contributed by atoms with Crippen LogP contribution in [0.25, 0.3) is 0 Å². The highest BCUT2D eigenvalue weighted by Gasteiger charge is 2.36.